The number of piperidine rings is 1. The van der Waals surface area contributed by atoms with Gasteiger partial charge in [-0.2, -0.15) is 0 Å². The molecule has 7 nitrogen and oxygen atoms in total. The number of thiazole rings is 1. The number of hydrogen-bond donors (Lipinski definition) is 0. The van der Waals surface area contributed by atoms with Crippen molar-refractivity contribution < 1.29 is 22.0 Å². The van der Waals surface area contributed by atoms with E-state index < -0.39 is 27.6 Å². The zero-order chi connectivity index (χ0) is 22.2. The number of carbonyl (C=O) groups is 1. The zero-order valence-corrected chi connectivity index (χ0v) is 18.3. The molecule has 0 spiro atoms. The Bertz CT molecular complexity index is 1210. The molecule has 1 fully saturated rings. The van der Waals surface area contributed by atoms with Gasteiger partial charge in [0.05, 0.1) is 17.5 Å². The topological polar surface area (TPSA) is 83.5 Å². The fourth-order valence-corrected chi connectivity index (χ4v) is 5.51. The molecule has 0 saturated carbocycles. The number of amides is 1. The summed E-state index contributed by atoms with van der Waals surface area (Å²) >= 11 is 1.04. The van der Waals surface area contributed by atoms with E-state index in [1.807, 2.05) is 6.07 Å². The Labute approximate surface area is 182 Å². The van der Waals surface area contributed by atoms with Crippen LogP contribution in [0, 0.1) is 17.6 Å². The van der Waals surface area contributed by atoms with Gasteiger partial charge in [0, 0.05) is 37.5 Å². The SMILES string of the molecule is CS(=O)(=O)N1CCC(C(=O)N(Cc2cccnc2)c2nc3c(F)cc(F)cc3s2)CC1. The van der Waals surface area contributed by atoms with Crippen molar-refractivity contribution in [3.8, 4) is 0 Å². The van der Waals surface area contributed by atoms with E-state index in [9.17, 15) is 22.0 Å². The number of hydrogen-bond acceptors (Lipinski definition) is 6. The lowest BCUT2D eigenvalue weighted by molar-refractivity contribution is -0.123. The molecule has 3 aromatic rings. The molecule has 1 aliphatic heterocycles. The summed E-state index contributed by atoms with van der Waals surface area (Å²) in [6, 6.07) is 5.51. The van der Waals surface area contributed by atoms with E-state index in [2.05, 4.69) is 9.97 Å². The number of rotatable bonds is 5. The molecule has 0 aliphatic carbocycles. The smallest absolute Gasteiger partial charge is 0.232 e. The maximum Gasteiger partial charge on any atom is 0.232 e. The Balaban J connectivity index is 1.65. The maximum absolute atomic E-state index is 14.2. The van der Waals surface area contributed by atoms with Crippen LogP contribution < -0.4 is 4.90 Å². The third-order valence-corrected chi connectivity index (χ3v) is 7.56. The summed E-state index contributed by atoms with van der Waals surface area (Å²) in [6.07, 6.45) is 5.15. The standard InChI is InChI=1S/C20H20F2N4O3S2/c1-31(28,29)25-7-4-14(5-8-25)19(27)26(12-13-3-2-6-23-11-13)20-24-18-16(22)9-15(21)10-17(18)30-20/h2-3,6,9-11,14H,4-5,7-8,12H2,1H3. The Morgan fingerprint density at radius 1 is 1.29 bits per heavy atom. The summed E-state index contributed by atoms with van der Waals surface area (Å²) in [5.41, 5.74) is 0.771. The minimum absolute atomic E-state index is 0.0114. The number of pyridine rings is 1. The van der Waals surface area contributed by atoms with Crippen molar-refractivity contribution in [1.82, 2.24) is 14.3 Å². The van der Waals surface area contributed by atoms with Crippen LogP contribution in [0.1, 0.15) is 18.4 Å². The van der Waals surface area contributed by atoms with Gasteiger partial charge in [-0.3, -0.25) is 14.7 Å². The van der Waals surface area contributed by atoms with Gasteiger partial charge in [-0.15, -0.1) is 0 Å². The van der Waals surface area contributed by atoms with E-state index in [1.165, 1.54) is 15.3 Å². The lowest BCUT2D eigenvalue weighted by Gasteiger charge is -2.32. The van der Waals surface area contributed by atoms with Crippen LogP contribution in [0.15, 0.2) is 36.7 Å². The summed E-state index contributed by atoms with van der Waals surface area (Å²) in [7, 11) is -3.31. The molecule has 1 aromatic carbocycles. The lowest BCUT2D eigenvalue weighted by Crippen LogP contribution is -2.44. The fraction of sp³-hybridized carbons (Fsp3) is 0.350. The number of anilines is 1. The average Bonchev–Trinajstić information content (AvgIpc) is 3.16. The second-order valence-corrected chi connectivity index (χ2v) is 10.4. The summed E-state index contributed by atoms with van der Waals surface area (Å²) in [5, 5.41) is 0.263. The predicted octanol–water partition coefficient (Wildman–Crippen LogP) is 3.17. The van der Waals surface area contributed by atoms with Gasteiger partial charge in [0.15, 0.2) is 10.9 Å². The molecule has 1 saturated heterocycles. The van der Waals surface area contributed by atoms with Crippen molar-refractivity contribution in [3.05, 3.63) is 53.9 Å². The molecule has 0 radical (unpaired) electrons. The monoisotopic (exact) mass is 466 g/mol. The Morgan fingerprint density at radius 2 is 2.03 bits per heavy atom. The minimum Gasteiger partial charge on any atom is -0.283 e. The number of fused-ring (bicyclic) bond motifs is 1. The summed E-state index contributed by atoms with van der Waals surface area (Å²) in [4.78, 5) is 23.2. The van der Waals surface area contributed by atoms with Crippen LogP contribution in [0.5, 0.6) is 0 Å². The van der Waals surface area contributed by atoms with Crippen molar-refractivity contribution in [1.29, 1.82) is 0 Å². The third kappa shape index (κ3) is 4.73. The van der Waals surface area contributed by atoms with Crippen LogP contribution in [0.4, 0.5) is 13.9 Å². The molecule has 3 heterocycles. The summed E-state index contributed by atoms with van der Waals surface area (Å²) in [5.74, 6) is -2.12. The second kappa shape index (κ2) is 8.56. The first-order valence-electron chi connectivity index (χ1n) is 9.63. The number of carbonyl (C=O) groups excluding carboxylic acids is 1. The number of benzene rings is 1. The van der Waals surface area contributed by atoms with E-state index in [0.29, 0.717) is 17.5 Å². The highest BCUT2D eigenvalue weighted by molar-refractivity contribution is 7.88. The van der Waals surface area contributed by atoms with Gasteiger partial charge in [-0.05, 0) is 30.5 Å². The van der Waals surface area contributed by atoms with Crippen molar-refractivity contribution in [2.75, 3.05) is 24.2 Å². The van der Waals surface area contributed by atoms with Gasteiger partial charge in [0.1, 0.15) is 11.3 Å². The van der Waals surface area contributed by atoms with Gasteiger partial charge < -0.3 is 0 Å². The molecular weight excluding hydrogens is 446 g/mol. The van der Waals surface area contributed by atoms with Crippen LogP contribution in [0.25, 0.3) is 10.2 Å². The van der Waals surface area contributed by atoms with Gasteiger partial charge in [-0.25, -0.2) is 26.5 Å². The Hall–Kier alpha value is -2.50. The minimum atomic E-state index is -3.31. The number of nitrogens with zero attached hydrogens (tertiary/aromatic N) is 4. The Morgan fingerprint density at radius 3 is 2.68 bits per heavy atom. The average molecular weight is 467 g/mol. The van der Waals surface area contributed by atoms with Crippen molar-refractivity contribution in [3.63, 3.8) is 0 Å². The summed E-state index contributed by atoms with van der Waals surface area (Å²) in [6.45, 7) is 0.689. The quantitative estimate of drug-likeness (QED) is 0.577. The molecule has 1 amide bonds. The molecule has 0 bridgehead atoms. The van der Waals surface area contributed by atoms with Crippen LogP contribution in [0.3, 0.4) is 0 Å². The molecule has 0 atom stereocenters. The van der Waals surface area contributed by atoms with E-state index in [0.717, 1.165) is 29.2 Å². The van der Waals surface area contributed by atoms with Crippen molar-refractivity contribution in [2.24, 2.45) is 5.92 Å². The highest BCUT2D eigenvalue weighted by atomic mass is 32.2. The van der Waals surface area contributed by atoms with Crippen molar-refractivity contribution in [2.45, 2.75) is 19.4 Å². The first kappa shape index (κ1) is 21.7. The van der Waals surface area contributed by atoms with Crippen LogP contribution in [-0.2, 0) is 21.4 Å². The largest absolute Gasteiger partial charge is 0.283 e. The molecule has 31 heavy (non-hydrogen) atoms. The predicted molar refractivity (Wildman–Crippen MR) is 114 cm³/mol. The molecule has 164 valence electrons. The normalized spacial score (nSPS) is 16.0. The molecule has 2 aromatic heterocycles. The van der Waals surface area contributed by atoms with Gasteiger partial charge in [0.2, 0.25) is 15.9 Å². The first-order chi connectivity index (χ1) is 14.7. The van der Waals surface area contributed by atoms with Gasteiger partial charge in [-0.1, -0.05) is 17.4 Å². The lowest BCUT2D eigenvalue weighted by atomic mass is 9.96. The summed E-state index contributed by atoms with van der Waals surface area (Å²) < 4.78 is 53.0. The van der Waals surface area contributed by atoms with E-state index in [4.69, 9.17) is 0 Å². The fourth-order valence-electron chi connectivity index (χ4n) is 3.63. The number of aromatic nitrogens is 2. The number of halogens is 2. The molecule has 0 N–H and O–H groups in total. The second-order valence-electron chi connectivity index (χ2n) is 7.45. The van der Waals surface area contributed by atoms with E-state index in [1.54, 1.807) is 18.5 Å². The van der Waals surface area contributed by atoms with Gasteiger partial charge in [0.25, 0.3) is 0 Å². The highest BCUT2D eigenvalue weighted by Gasteiger charge is 2.33. The zero-order valence-electron chi connectivity index (χ0n) is 16.7. The van der Waals surface area contributed by atoms with Gasteiger partial charge >= 0.3 is 0 Å². The van der Waals surface area contributed by atoms with Crippen LogP contribution in [0.2, 0.25) is 0 Å². The molecule has 4 rings (SSSR count). The third-order valence-electron chi connectivity index (χ3n) is 5.23. The Kier molecular flexibility index (Phi) is 6.00. The maximum atomic E-state index is 14.2. The van der Waals surface area contributed by atoms with Crippen molar-refractivity contribution >= 4 is 42.6 Å². The molecule has 1 aliphatic rings. The highest BCUT2D eigenvalue weighted by Crippen LogP contribution is 2.34. The molecule has 11 heteroatoms. The molecular formula is C20H20F2N4O3S2. The van der Waals surface area contributed by atoms with Crippen LogP contribution in [-0.4, -0.2) is 47.9 Å². The van der Waals surface area contributed by atoms with Crippen LogP contribution >= 0.6 is 11.3 Å². The molecule has 0 unspecified atom stereocenters. The van der Waals surface area contributed by atoms with E-state index in [-0.39, 0.29) is 36.2 Å². The first-order valence-corrected chi connectivity index (χ1v) is 12.3. The van der Waals surface area contributed by atoms with E-state index >= 15 is 0 Å². The number of sulfonamides is 1.